The zero-order chi connectivity index (χ0) is 14.7. The van der Waals surface area contributed by atoms with Crippen molar-refractivity contribution in [2.24, 2.45) is 10.9 Å². The van der Waals surface area contributed by atoms with E-state index in [0.717, 1.165) is 36.3 Å². The largest absolute Gasteiger partial charge is 0.357 e. The normalized spacial score (nSPS) is 20.5. The predicted octanol–water partition coefficient (Wildman–Crippen LogP) is 1.85. The fraction of sp³-hybridized carbons (Fsp3) is 0.533. The fourth-order valence-electron chi connectivity index (χ4n) is 2.35. The predicted molar refractivity (Wildman–Crippen MR) is 98.8 cm³/mol. The number of guanidine groups is 1. The van der Waals surface area contributed by atoms with Crippen molar-refractivity contribution >= 4 is 35.6 Å². The molecule has 0 radical (unpaired) electrons. The van der Waals surface area contributed by atoms with Crippen LogP contribution in [0.4, 0.5) is 0 Å². The minimum absolute atomic E-state index is 0. The standard InChI is InChI=1S/C15H22N6.HI/c1-3-16-15(18-12-10-11(12)2)17-8-7-14-20-19-13-6-4-5-9-21(13)14;/h4-6,9,11-12H,3,7-8,10H2,1-2H3,(H2,16,17,18);1H. The van der Waals surface area contributed by atoms with E-state index in [9.17, 15) is 0 Å². The lowest BCUT2D eigenvalue weighted by Crippen LogP contribution is -2.39. The lowest BCUT2D eigenvalue weighted by atomic mass is 10.4. The molecule has 0 amide bonds. The summed E-state index contributed by atoms with van der Waals surface area (Å²) in [6.07, 6.45) is 4.00. The molecule has 2 aromatic rings. The topological polar surface area (TPSA) is 66.6 Å². The van der Waals surface area contributed by atoms with Gasteiger partial charge in [-0.1, -0.05) is 13.0 Å². The smallest absolute Gasteiger partial charge is 0.191 e. The summed E-state index contributed by atoms with van der Waals surface area (Å²) in [7, 11) is 0. The molecular formula is C15H23IN6. The zero-order valence-corrected chi connectivity index (χ0v) is 15.3. The average molecular weight is 414 g/mol. The van der Waals surface area contributed by atoms with E-state index in [0.29, 0.717) is 12.6 Å². The monoisotopic (exact) mass is 414 g/mol. The molecule has 6 nitrogen and oxygen atoms in total. The van der Waals surface area contributed by atoms with Gasteiger partial charge in [0.15, 0.2) is 11.6 Å². The Labute approximate surface area is 147 Å². The van der Waals surface area contributed by atoms with Crippen molar-refractivity contribution < 1.29 is 0 Å². The van der Waals surface area contributed by atoms with Gasteiger partial charge in [0.05, 0.1) is 0 Å². The van der Waals surface area contributed by atoms with Crippen LogP contribution in [-0.4, -0.2) is 39.7 Å². The molecule has 0 aliphatic heterocycles. The summed E-state index contributed by atoms with van der Waals surface area (Å²) in [5, 5.41) is 15.1. The molecule has 1 fully saturated rings. The molecular weight excluding hydrogens is 391 g/mol. The van der Waals surface area contributed by atoms with Crippen LogP contribution in [-0.2, 0) is 6.42 Å². The first-order chi connectivity index (χ1) is 10.3. The van der Waals surface area contributed by atoms with Crippen molar-refractivity contribution in [1.82, 2.24) is 25.2 Å². The van der Waals surface area contributed by atoms with Crippen LogP contribution in [0.2, 0.25) is 0 Å². The Kier molecular flexibility index (Phi) is 5.98. The molecule has 1 saturated carbocycles. The first-order valence-corrected chi connectivity index (χ1v) is 7.61. The van der Waals surface area contributed by atoms with E-state index in [4.69, 9.17) is 0 Å². The van der Waals surface area contributed by atoms with Crippen molar-refractivity contribution in [3.05, 3.63) is 30.2 Å². The molecule has 0 spiro atoms. The molecule has 0 saturated heterocycles. The third-order valence-corrected chi connectivity index (χ3v) is 3.77. The summed E-state index contributed by atoms with van der Waals surface area (Å²) in [5.41, 5.74) is 0.883. The van der Waals surface area contributed by atoms with Crippen molar-refractivity contribution in [2.45, 2.75) is 32.7 Å². The molecule has 2 unspecified atom stereocenters. The van der Waals surface area contributed by atoms with Gasteiger partial charge in [0.2, 0.25) is 0 Å². The van der Waals surface area contributed by atoms with Gasteiger partial charge < -0.3 is 10.6 Å². The Bertz CT molecular complexity index is 638. The number of hydrogen-bond acceptors (Lipinski definition) is 3. The highest BCUT2D eigenvalue weighted by Crippen LogP contribution is 2.28. The highest BCUT2D eigenvalue weighted by molar-refractivity contribution is 14.0. The van der Waals surface area contributed by atoms with E-state index in [-0.39, 0.29) is 24.0 Å². The molecule has 0 aromatic carbocycles. The number of rotatable bonds is 5. The Balaban J connectivity index is 0.00000176. The maximum atomic E-state index is 4.62. The summed E-state index contributed by atoms with van der Waals surface area (Å²) in [6.45, 7) is 5.91. The van der Waals surface area contributed by atoms with Crippen LogP contribution in [0.5, 0.6) is 0 Å². The lowest BCUT2D eigenvalue weighted by Gasteiger charge is -2.10. The highest BCUT2D eigenvalue weighted by atomic mass is 127. The Hall–Kier alpha value is -1.38. The second kappa shape index (κ2) is 7.75. The molecule has 22 heavy (non-hydrogen) atoms. The Morgan fingerprint density at radius 2 is 2.23 bits per heavy atom. The number of fused-ring (bicyclic) bond motifs is 1. The van der Waals surface area contributed by atoms with E-state index in [1.54, 1.807) is 0 Å². The molecule has 2 atom stereocenters. The number of pyridine rings is 1. The summed E-state index contributed by atoms with van der Waals surface area (Å²) in [6, 6.07) is 6.50. The zero-order valence-electron chi connectivity index (χ0n) is 13.0. The van der Waals surface area contributed by atoms with Crippen molar-refractivity contribution in [2.75, 3.05) is 13.1 Å². The van der Waals surface area contributed by atoms with Gasteiger partial charge in [0.1, 0.15) is 5.82 Å². The first kappa shape index (κ1) is 17.0. The van der Waals surface area contributed by atoms with E-state index in [1.807, 2.05) is 28.8 Å². The summed E-state index contributed by atoms with van der Waals surface area (Å²) in [4.78, 5) is 4.62. The average Bonchev–Trinajstić information content (AvgIpc) is 3.02. The molecule has 120 valence electrons. The van der Waals surface area contributed by atoms with E-state index in [1.165, 1.54) is 6.42 Å². The van der Waals surface area contributed by atoms with Crippen LogP contribution in [0.3, 0.4) is 0 Å². The fourth-order valence-corrected chi connectivity index (χ4v) is 2.35. The van der Waals surface area contributed by atoms with Gasteiger partial charge in [-0.15, -0.1) is 34.2 Å². The minimum atomic E-state index is 0. The molecule has 3 rings (SSSR count). The third kappa shape index (κ3) is 4.08. The highest BCUT2D eigenvalue weighted by Gasteiger charge is 2.33. The quantitative estimate of drug-likeness (QED) is 0.445. The number of aliphatic imine (C=N–C) groups is 1. The maximum absolute atomic E-state index is 4.62. The number of nitrogens with zero attached hydrogens (tertiary/aromatic N) is 4. The van der Waals surface area contributed by atoms with Crippen LogP contribution in [0, 0.1) is 5.92 Å². The molecule has 2 heterocycles. The van der Waals surface area contributed by atoms with Gasteiger partial charge in [-0.25, -0.2) is 0 Å². The van der Waals surface area contributed by atoms with Crippen LogP contribution in [0.25, 0.3) is 5.65 Å². The number of aromatic nitrogens is 3. The first-order valence-electron chi connectivity index (χ1n) is 7.61. The maximum Gasteiger partial charge on any atom is 0.191 e. The van der Waals surface area contributed by atoms with Crippen LogP contribution in [0.15, 0.2) is 29.4 Å². The molecule has 2 N–H and O–H groups in total. The van der Waals surface area contributed by atoms with Crippen molar-refractivity contribution in [1.29, 1.82) is 0 Å². The Morgan fingerprint density at radius 3 is 2.95 bits per heavy atom. The van der Waals surface area contributed by atoms with Gasteiger partial charge in [-0.2, -0.15) is 0 Å². The lowest BCUT2D eigenvalue weighted by molar-refractivity contribution is 0.759. The third-order valence-electron chi connectivity index (χ3n) is 3.77. The molecule has 1 aliphatic rings. The van der Waals surface area contributed by atoms with Crippen LogP contribution >= 0.6 is 24.0 Å². The molecule has 7 heteroatoms. The van der Waals surface area contributed by atoms with E-state index in [2.05, 4.69) is 39.7 Å². The molecule has 2 aromatic heterocycles. The van der Waals surface area contributed by atoms with Gasteiger partial charge >= 0.3 is 0 Å². The second-order valence-electron chi connectivity index (χ2n) is 5.52. The van der Waals surface area contributed by atoms with E-state index < -0.39 is 0 Å². The van der Waals surface area contributed by atoms with Gasteiger partial charge in [-0.3, -0.25) is 9.39 Å². The van der Waals surface area contributed by atoms with E-state index >= 15 is 0 Å². The van der Waals surface area contributed by atoms with Crippen molar-refractivity contribution in [3.63, 3.8) is 0 Å². The minimum Gasteiger partial charge on any atom is -0.357 e. The number of hydrogen-bond donors (Lipinski definition) is 2. The molecule has 1 aliphatic carbocycles. The Morgan fingerprint density at radius 1 is 1.41 bits per heavy atom. The summed E-state index contributed by atoms with van der Waals surface area (Å²) >= 11 is 0. The van der Waals surface area contributed by atoms with Gasteiger partial charge in [0.25, 0.3) is 0 Å². The second-order valence-corrected chi connectivity index (χ2v) is 5.52. The number of halogens is 1. The van der Waals surface area contributed by atoms with Gasteiger partial charge in [0, 0.05) is 31.7 Å². The van der Waals surface area contributed by atoms with Gasteiger partial charge in [-0.05, 0) is 31.4 Å². The summed E-state index contributed by atoms with van der Waals surface area (Å²) < 4.78 is 2.01. The number of nitrogens with one attached hydrogen (secondary N) is 2. The van der Waals surface area contributed by atoms with Crippen LogP contribution in [0.1, 0.15) is 26.1 Å². The SMILES string of the molecule is CCNC(=NCCc1nnc2ccccn12)NC1CC1C.I. The van der Waals surface area contributed by atoms with Crippen LogP contribution < -0.4 is 10.6 Å². The molecule has 0 bridgehead atoms. The summed E-state index contributed by atoms with van der Waals surface area (Å²) in [5.74, 6) is 2.61. The van der Waals surface area contributed by atoms with Crippen molar-refractivity contribution in [3.8, 4) is 0 Å².